The molecule has 0 aromatic heterocycles. The number of aliphatic hydroxyl groups is 15. The first-order valence-electron chi connectivity index (χ1n) is 37.0. The number of aliphatic hydroxyl groups excluding tert-OH is 15. The minimum Gasteiger partial charge on any atom is -0.479 e. The van der Waals surface area contributed by atoms with Crippen LogP contribution in [0.2, 0.25) is 0 Å². The number of ether oxygens (including phenoxy) is 13. The van der Waals surface area contributed by atoms with Crippen LogP contribution in [0.25, 0.3) is 6.08 Å². The van der Waals surface area contributed by atoms with Gasteiger partial charge in [0.25, 0.3) is 0 Å². The second-order valence-electron chi connectivity index (χ2n) is 33.6. The van der Waals surface area contributed by atoms with Crippen LogP contribution in [-0.4, -0.2) is 303 Å². The topological polar surface area (TPSA) is 495 Å². The predicted octanol–water partition coefficient (Wildman–Crippen LogP) is -1.34. The molecule has 5 saturated carbocycles. The molecule has 6 heterocycles. The molecule has 32 nitrogen and oxygen atoms in total. The maximum atomic E-state index is 14.3. The Bertz CT molecular complexity index is 3340. The number of hydrogen-bond acceptors (Lipinski definition) is 31. The molecule has 2 bridgehead atoms. The van der Waals surface area contributed by atoms with Gasteiger partial charge >= 0.3 is 17.9 Å². The van der Waals surface area contributed by atoms with E-state index in [9.17, 15) is 96.1 Å². The van der Waals surface area contributed by atoms with E-state index < -0.39 is 259 Å². The standard InChI is InChI=1S/C74H110O32/c1-12-30(2)61(92)105-58-59(99-41(78)19-18-33-16-14-13-15-17-33)74-38(26-68(58,5)6)73(106-67(74)93)25-21-37-70(9)23-22-40(69(7,8)36(70)20-24-71(37,10)72(73,11)27-39(74)77)98-66-57(104-63-51(88)47(84)44(81)34(28-75)96-63)53(52(89)54(101-66)60(90)91)100-65-56(49(86)45(82)35(29-76)97-65)103-64-55(48(85)43(80)32(4)95-64)102-62-50(87)46(83)42(79)31(3)94-62/h12-19,31-32,34-40,42-59,62-67,75-77,79-89,93H,20-29H2,1-11H3,(H,90,91)/b19-18+,30-12?/t31-,32-,34?,35?,36?,37?,38?,39+,40-,42-,43?,44+,45-,46?,47?,48-,49?,50-,51-,52-,53?,54?,55?,56-,57-,58-,59-,62?,63-,64?,65-,66+,67-,70-,71+,72-,73-,74+/m0/s1. The molecule has 106 heavy (non-hydrogen) atoms. The SMILES string of the molecule is CC=C(C)C(=O)O[C@H]1[C@H](OC(=O)/C=C/c2ccccc2)[C@@]23C(CC1(C)C)[C@]1(CCC4[C@@]5(C)CC[C@H](O[C@@H]6OC(C(=O)O)[C@@H](O)C(O[C@@H]7OC(CO)[C@H](O)C(O)[C@@H]7OC7O[C@@H](C)C(O)[C@H](O)C7OC7O[C@@H](C)[C@H](O)C(O)[C@@H]7O)[C@@H]6O[C@@H]6OC(CO)[C@@H](O)C(O)[C@@H]6O)C(C)(C)C5CC[C@@]4(C)[C@]1(C)C[C@H]2O)O[C@@H]3O. The van der Waals surface area contributed by atoms with E-state index in [-0.39, 0.29) is 24.7 Å². The number of carbonyl (C=O) groups is 3. The normalized spacial score (nSPS) is 51.3. The first-order valence-corrected chi connectivity index (χ1v) is 37.0. The number of benzene rings is 1. The molecule has 11 fully saturated rings. The van der Waals surface area contributed by atoms with Crippen LogP contribution in [0.15, 0.2) is 48.1 Å². The molecule has 32 heteroatoms. The quantitative estimate of drug-likeness (QED) is 0.0460. The van der Waals surface area contributed by atoms with Crippen LogP contribution in [0, 0.1) is 50.2 Å². The number of carboxylic acids is 1. The molecule has 598 valence electrons. The Hall–Kier alpha value is -3.93. The van der Waals surface area contributed by atoms with E-state index in [1.165, 1.54) is 19.9 Å². The highest BCUT2D eigenvalue weighted by atomic mass is 16.8. The van der Waals surface area contributed by atoms with Crippen molar-refractivity contribution >= 4 is 24.0 Å². The lowest BCUT2D eigenvalue weighted by atomic mass is 9.30. The van der Waals surface area contributed by atoms with Crippen molar-refractivity contribution in [3.63, 3.8) is 0 Å². The summed E-state index contributed by atoms with van der Waals surface area (Å²) in [5.41, 5.74) is -5.73. The minimum atomic E-state index is -2.38. The monoisotopic (exact) mass is 1510 g/mol. The first kappa shape index (κ1) is 81.6. The van der Waals surface area contributed by atoms with Gasteiger partial charge in [0.15, 0.2) is 49.9 Å². The molecule has 1 spiro atoms. The number of hydrogen-bond donors (Lipinski definition) is 16. The number of allylic oxidation sites excluding steroid dienone is 1. The maximum Gasteiger partial charge on any atom is 0.335 e. The summed E-state index contributed by atoms with van der Waals surface area (Å²) in [7, 11) is 0. The van der Waals surface area contributed by atoms with Gasteiger partial charge < -0.3 is 143 Å². The molecule has 1 aromatic carbocycles. The van der Waals surface area contributed by atoms with Gasteiger partial charge in [0.05, 0.1) is 48.6 Å². The van der Waals surface area contributed by atoms with E-state index in [4.69, 9.17) is 61.6 Å². The molecule has 1 aromatic rings. The molecule has 11 aliphatic rings. The fraction of sp³-hybridized carbons (Fsp3) is 0.824. The number of carbonyl (C=O) groups excluding carboxylic acids is 2. The van der Waals surface area contributed by atoms with Crippen molar-refractivity contribution in [1.29, 1.82) is 0 Å². The van der Waals surface area contributed by atoms with Crippen LogP contribution in [0.5, 0.6) is 0 Å². The van der Waals surface area contributed by atoms with Gasteiger partial charge in [-0.2, -0.15) is 0 Å². The Morgan fingerprint density at radius 3 is 1.69 bits per heavy atom. The smallest absolute Gasteiger partial charge is 0.335 e. The summed E-state index contributed by atoms with van der Waals surface area (Å²) in [6.45, 7) is 18.5. The fourth-order valence-electron chi connectivity index (χ4n) is 21.2. The van der Waals surface area contributed by atoms with E-state index in [0.29, 0.717) is 49.7 Å². The average Bonchev–Trinajstić information content (AvgIpc) is 1.39. The highest BCUT2D eigenvalue weighted by molar-refractivity contribution is 5.88. The van der Waals surface area contributed by atoms with Gasteiger partial charge in [-0.15, -0.1) is 0 Å². The fourth-order valence-corrected chi connectivity index (χ4v) is 21.2. The summed E-state index contributed by atoms with van der Waals surface area (Å²) in [6.07, 6.45) is -47.3. The lowest BCUT2D eigenvalue weighted by Gasteiger charge is -2.75. The molecule has 14 unspecified atom stereocenters. The largest absolute Gasteiger partial charge is 0.479 e. The highest BCUT2D eigenvalue weighted by Crippen LogP contribution is 2.82. The van der Waals surface area contributed by atoms with E-state index >= 15 is 0 Å². The molecule has 0 amide bonds. The Balaban J connectivity index is 0.856. The van der Waals surface area contributed by atoms with Crippen LogP contribution in [-0.2, 0) is 76.0 Å². The highest BCUT2D eigenvalue weighted by Gasteiger charge is 2.86. The molecule has 5 aliphatic carbocycles. The van der Waals surface area contributed by atoms with E-state index in [2.05, 4.69) is 20.8 Å². The van der Waals surface area contributed by atoms with E-state index in [1.54, 1.807) is 26.0 Å². The van der Waals surface area contributed by atoms with Crippen molar-refractivity contribution in [2.75, 3.05) is 13.2 Å². The number of aliphatic carboxylic acids is 1. The van der Waals surface area contributed by atoms with Crippen molar-refractivity contribution in [3.05, 3.63) is 53.6 Å². The third-order valence-corrected chi connectivity index (χ3v) is 27.3. The number of fused-ring (bicyclic) bond motifs is 4. The van der Waals surface area contributed by atoms with Crippen LogP contribution in [0.4, 0.5) is 0 Å². The Morgan fingerprint density at radius 1 is 0.538 bits per heavy atom. The van der Waals surface area contributed by atoms with Gasteiger partial charge in [-0.3, -0.25) is 0 Å². The van der Waals surface area contributed by atoms with Gasteiger partial charge in [-0.05, 0) is 119 Å². The second kappa shape index (κ2) is 30.2. The zero-order chi connectivity index (χ0) is 77.4. The number of rotatable bonds is 18. The Kier molecular flexibility index (Phi) is 23.2. The van der Waals surface area contributed by atoms with Crippen LogP contribution < -0.4 is 0 Å². The molecule has 38 atom stereocenters. The van der Waals surface area contributed by atoms with Crippen molar-refractivity contribution in [2.45, 2.75) is 317 Å². The van der Waals surface area contributed by atoms with Gasteiger partial charge in [0.2, 0.25) is 0 Å². The molecular formula is C74H110O32. The summed E-state index contributed by atoms with van der Waals surface area (Å²) >= 11 is 0. The number of carboxylic acid groups (broad SMARTS) is 1. The van der Waals surface area contributed by atoms with Crippen molar-refractivity contribution in [1.82, 2.24) is 0 Å². The first-order chi connectivity index (χ1) is 49.7. The molecule has 6 saturated heterocycles. The van der Waals surface area contributed by atoms with Crippen molar-refractivity contribution in [3.8, 4) is 0 Å². The molecule has 16 N–H and O–H groups in total. The molecular weight excluding hydrogens is 1400 g/mol. The minimum absolute atomic E-state index is 0.0915. The van der Waals surface area contributed by atoms with E-state index in [1.807, 2.05) is 58.0 Å². The summed E-state index contributed by atoms with van der Waals surface area (Å²) < 4.78 is 82.1. The van der Waals surface area contributed by atoms with Crippen molar-refractivity contribution < 1.29 is 158 Å². The average molecular weight is 1510 g/mol. The zero-order valence-electron chi connectivity index (χ0n) is 61.4. The van der Waals surface area contributed by atoms with Gasteiger partial charge in [0.1, 0.15) is 110 Å². The summed E-state index contributed by atoms with van der Waals surface area (Å²) in [6, 6.07) is 9.10. The third-order valence-electron chi connectivity index (χ3n) is 27.3. The van der Waals surface area contributed by atoms with Crippen LogP contribution in [0.3, 0.4) is 0 Å². The third kappa shape index (κ3) is 13.3. The summed E-state index contributed by atoms with van der Waals surface area (Å²) in [5.74, 6) is -4.20. The predicted molar refractivity (Wildman–Crippen MR) is 359 cm³/mol. The summed E-state index contributed by atoms with van der Waals surface area (Å²) in [5, 5.41) is 182. The second-order valence-corrected chi connectivity index (χ2v) is 33.6. The van der Waals surface area contributed by atoms with Crippen LogP contribution >= 0.6 is 0 Å². The lowest BCUT2D eigenvalue weighted by molar-refractivity contribution is -0.412. The zero-order valence-corrected chi connectivity index (χ0v) is 61.4. The summed E-state index contributed by atoms with van der Waals surface area (Å²) in [4.78, 5) is 41.7. The molecule has 0 radical (unpaired) electrons. The molecule has 12 rings (SSSR count). The van der Waals surface area contributed by atoms with Gasteiger partial charge in [-0.25, -0.2) is 14.4 Å². The Morgan fingerprint density at radius 2 is 1.07 bits per heavy atom. The Labute approximate surface area is 613 Å². The van der Waals surface area contributed by atoms with E-state index in [0.717, 1.165) is 0 Å². The van der Waals surface area contributed by atoms with Crippen molar-refractivity contribution in [2.24, 2.45) is 50.2 Å². The van der Waals surface area contributed by atoms with Gasteiger partial charge in [-0.1, -0.05) is 84.9 Å². The lowest BCUT2D eigenvalue weighted by Crippen LogP contribution is -2.77. The maximum absolute atomic E-state index is 14.3. The van der Waals surface area contributed by atoms with Gasteiger partial charge in [0, 0.05) is 28.4 Å². The van der Waals surface area contributed by atoms with Crippen LogP contribution in [0.1, 0.15) is 133 Å². The number of esters is 2. The molecule has 6 aliphatic heterocycles.